The number of likely N-dealkylation sites (tertiary alicyclic amines) is 1. The Balaban J connectivity index is 1.86. The van der Waals surface area contributed by atoms with Crippen molar-refractivity contribution in [1.29, 1.82) is 0 Å². The van der Waals surface area contributed by atoms with Crippen molar-refractivity contribution in [1.82, 2.24) is 4.90 Å². The van der Waals surface area contributed by atoms with Crippen LogP contribution in [0.2, 0.25) is 0 Å². The number of hydrogen-bond donors (Lipinski definition) is 2. The van der Waals surface area contributed by atoms with Crippen LogP contribution in [0.3, 0.4) is 0 Å². The van der Waals surface area contributed by atoms with E-state index in [1.54, 1.807) is 6.07 Å². The molecule has 2 bridgehead atoms. The van der Waals surface area contributed by atoms with Crippen molar-refractivity contribution >= 4 is 0 Å². The molecule has 1 aromatic carbocycles. The third-order valence-corrected chi connectivity index (χ3v) is 6.66. The summed E-state index contributed by atoms with van der Waals surface area (Å²) in [5, 5.41) is 21.8. The van der Waals surface area contributed by atoms with Gasteiger partial charge in [-0.3, -0.25) is 0 Å². The molecule has 5 heteroatoms. The fraction of sp³-hybridized carbons (Fsp3) is 0.647. The van der Waals surface area contributed by atoms with Crippen LogP contribution >= 0.6 is 0 Å². The Kier molecular flexibility index (Phi) is 2.25. The normalized spacial score (nSPS) is 45.3. The Hall–Kier alpha value is -1.33. The molecule has 2 heterocycles. The zero-order chi connectivity index (χ0) is 15.3. The summed E-state index contributed by atoms with van der Waals surface area (Å²) in [6.07, 6.45) is 0.400. The van der Waals surface area contributed by atoms with E-state index in [2.05, 4.69) is 4.90 Å². The fourth-order valence-corrected chi connectivity index (χ4v) is 5.69. The van der Waals surface area contributed by atoms with Crippen LogP contribution in [0, 0.1) is 0 Å². The Morgan fingerprint density at radius 1 is 1.36 bits per heavy atom. The summed E-state index contributed by atoms with van der Waals surface area (Å²) in [7, 11) is 2.04. The number of rotatable bonds is 0. The van der Waals surface area contributed by atoms with E-state index < -0.39 is 23.3 Å². The molecular formula is C17H20FNO3. The van der Waals surface area contributed by atoms with Crippen LogP contribution in [0.15, 0.2) is 12.1 Å². The summed E-state index contributed by atoms with van der Waals surface area (Å²) in [5.41, 5.74) is 0.292. The summed E-state index contributed by atoms with van der Waals surface area (Å²) in [6, 6.07) is 3.54. The largest absolute Gasteiger partial charge is 0.504 e. The zero-order valence-corrected chi connectivity index (χ0v) is 12.6. The maximum atomic E-state index is 14.7. The van der Waals surface area contributed by atoms with Crippen molar-refractivity contribution < 1.29 is 19.3 Å². The topological polar surface area (TPSA) is 52.9 Å². The van der Waals surface area contributed by atoms with Gasteiger partial charge in [0.2, 0.25) is 0 Å². The lowest BCUT2D eigenvalue weighted by molar-refractivity contribution is -0.195. The fourth-order valence-electron chi connectivity index (χ4n) is 5.69. The first kappa shape index (κ1) is 13.1. The monoisotopic (exact) mass is 305 g/mol. The van der Waals surface area contributed by atoms with Crippen molar-refractivity contribution in [2.75, 3.05) is 13.6 Å². The van der Waals surface area contributed by atoms with Gasteiger partial charge in [-0.25, -0.2) is 4.39 Å². The number of phenolic OH excluding ortho intramolecular Hbond substituents is 1. The second-order valence-corrected chi connectivity index (χ2v) is 7.39. The van der Waals surface area contributed by atoms with Crippen molar-refractivity contribution in [3.63, 3.8) is 0 Å². The van der Waals surface area contributed by atoms with Gasteiger partial charge in [-0.15, -0.1) is 0 Å². The minimum atomic E-state index is -1.10. The second kappa shape index (κ2) is 3.77. The SMILES string of the molecule is CN1CC[C@]23c4c5ccc(O)c4OC2C(F)CC[C@@]3(O)[C@H]1C5. The van der Waals surface area contributed by atoms with E-state index >= 15 is 0 Å². The number of aliphatic hydroxyl groups is 1. The maximum Gasteiger partial charge on any atom is 0.165 e. The average Bonchev–Trinajstić information content (AvgIpc) is 2.85. The molecule has 4 nitrogen and oxygen atoms in total. The first-order valence-corrected chi connectivity index (χ1v) is 8.08. The molecule has 1 aromatic rings. The number of hydrogen-bond acceptors (Lipinski definition) is 4. The lowest BCUT2D eigenvalue weighted by atomic mass is 9.49. The first-order chi connectivity index (χ1) is 10.5. The van der Waals surface area contributed by atoms with Crippen LogP contribution in [0.25, 0.3) is 0 Å². The molecule has 1 saturated heterocycles. The number of ether oxygens (including phenoxy) is 1. The zero-order valence-electron chi connectivity index (χ0n) is 12.6. The van der Waals surface area contributed by atoms with E-state index in [4.69, 9.17) is 4.74 Å². The highest BCUT2D eigenvalue weighted by Crippen LogP contribution is 2.65. The van der Waals surface area contributed by atoms with Crippen molar-refractivity contribution in [3.05, 3.63) is 23.3 Å². The summed E-state index contributed by atoms with van der Waals surface area (Å²) in [6.45, 7) is 0.814. The van der Waals surface area contributed by atoms with Crippen LogP contribution in [0.5, 0.6) is 11.5 Å². The van der Waals surface area contributed by atoms with Gasteiger partial charge >= 0.3 is 0 Å². The van der Waals surface area contributed by atoms with Crippen LogP contribution < -0.4 is 4.74 Å². The van der Waals surface area contributed by atoms with E-state index in [9.17, 15) is 14.6 Å². The minimum absolute atomic E-state index is 0.0113. The molecule has 2 fully saturated rings. The highest BCUT2D eigenvalue weighted by molar-refractivity contribution is 5.62. The number of benzene rings is 1. The molecule has 2 N–H and O–H groups in total. The van der Waals surface area contributed by atoms with Crippen LogP contribution in [0.4, 0.5) is 4.39 Å². The summed E-state index contributed by atoms with van der Waals surface area (Å²) >= 11 is 0. The van der Waals surface area contributed by atoms with E-state index in [1.165, 1.54) is 0 Å². The van der Waals surface area contributed by atoms with Gasteiger partial charge in [0.25, 0.3) is 0 Å². The van der Waals surface area contributed by atoms with Gasteiger partial charge in [-0.1, -0.05) is 6.07 Å². The van der Waals surface area contributed by atoms with E-state index in [0.717, 1.165) is 24.1 Å². The lowest BCUT2D eigenvalue weighted by Crippen LogP contribution is -2.76. The molecule has 0 amide bonds. The minimum Gasteiger partial charge on any atom is -0.504 e. The van der Waals surface area contributed by atoms with Gasteiger partial charge < -0.3 is 19.8 Å². The van der Waals surface area contributed by atoms with Gasteiger partial charge in [0, 0.05) is 11.6 Å². The number of halogens is 1. The van der Waals surface area contributed by atoms with Crippen molar-refractivity contribution in [2.24, 2.45) is 0 Å². The van der Waals surface area contributed by atoms with Crippen LogP contribution in [-0.2, 0) is 11.8 Å². The molecular weight excluding hydrogens is 285 g/mol. The maximum absolute atomic E-state index is 14.7. The van der Waals surface area contributed by atoms with Crippen LogP contribution in [0.1, 0.15) is 30.4 Å². The summed E-state index contributed by atoms with van der Waals surface area (Å²) in [5.74, 6) is 0.475. The molecule has 2 aliphatic heterocycles. The van der Waals surface area contributed by atoms with Gasteiger partial charge in [0.05, 0.1) is 11.0 Å². The molecule has 0 aromatic heterocycles. The predicted octanol–water partition coefficient (Wildman–Crippen LogP) is 1.51. The molecule has 4 aliphatic rings. The van der Waals surface area contributed by atoms with E-state index in [0.29, 0.717) is 25.0 Å². The third kappa shape index (κ3) is 1.17. The van der Waals surface area contributed by atoms with Gasteiger partial charge in [-0.05, 0) is 50.9 Å². The molecule has 1 spiro atoms. The van der Waals surface area contributed by atoms with E-state index in [1.807, 2.05) is 13.1 Å². The van der Waals surface area contributed by atoms with Crippen molar-refractivity contribution in [3.8, 4) is 11.5 Å². The number of aromatic hydroxyl groups is 1. The smallest absolute Gasteiger partial charge is 0.165 e. The van der Waals surface area contributed by atoms with Gasteiger partial charge in [-0.2, -0.15) is 0 Å². The Bertz CT molecular complexity index is 680. The number of nitrogens with zero attached hydrogens (tertiary/aromatic N) is 1. The van der Waals surface area contributed by atoms with Gasteiger partial charge in [0.1, 0.15) is 12.3 Å². The third-order valence-electron chi connectivity index (χ3n) is 6.66. The standard InChI is InChI=1S/C17H20FNO3/c1-19-7-6-16-13-9-2-3-11(20)14(13)22-15(16)10(18)4-5-17(16,21)12(19)8-9/h2-3,10,12,15,20-21H,4-8H2,1H3/t10?,12-,15?,16+,17-/m1/s1. The number of phenols is 1. The average molecular weight is 305 g/mol. The number of alkyl halides is 1. The van der Waals surface area contributed by atoms with Crippen LogP contribution in [-0.4, -0.2) is 52.6 Å². The van der Waals surface area contributed by atoms with Crippen molar-refractivity contribution in [2.45, 2.75) is 55.0 Å². The highest BCUT2D eigenvalue weighted by atomic mass is 19.1. The van der Waals surface area contributed by atoms with E-state index in [-0.39, 0.29) is 11.8 Å². The Labute approximate surface area is 128 Å². The molecule has 5 atom stereocenters. The summed E-state index contributed by atoms with van der Waals surface area (Å²) < 4.78 is 20.6. The molecule has 22 heavy (non-hydrogen) atoms. The lowest BCUT2D eigenvalue weighted by Gasteiger charge is -2.62. The predicted molar refractivity (Wildman–Crippen MR) is 78.0 cm³/mol. The number of likely N-dealkylation sites (N-methyl/N-ethyl adjacent to an activating group) is 1. The second-order valence-electron chi connectivity index (χ2n) is 7.39. The first-order valence-electron chi connectivity index (χ1n) is 8.08. The molecule has 1 saturated carbocycles. The Morgan fingerprint density at radius 3 is 3.00 bits per heavy atom. The quantitative estimate of drug-likeness (QED) is 0.763. The Morgan fingerprint density at radius 2 is 2.18 bits per heavy atom. The van der Waals surface area contributed by atoms with Gasteiger partial charge in [0.15, 0.2) is 11.5 Å². The molecule has 0 radical (unpaired) electrons. The summed E-state index contributed by atoms with van der Waals surface area (Å²) in [4.78, 5) is 2.20. The molecule has 2 aliphatic carbocycles. The number of piperidine rings is 1. The molecule has 2 unspecified atom stereocenters. The molecule has 118 valence electrons. The highest BCUT2D eigenvalue weighted by Gasteiger charge is 2.72. The molecule has 5 rings (SSSR count).